The summed E-state index contributed by atoms with van der Waals surface area (Å²) in [5, 5.41) is 18.3. The van der Waals surface area contributed by atoms with Crippen molar-refractivity contribution in [1.82, 2.24) is 15.0 Å². The normalized spacial score (nSPS) is 17.1. The molecule has 4 aromatic rings. The SMILES string of the molecule is CC(C)c1onc(-c2c(Cl)cccc2Cl)c1COc1ccc2c(ccn2CC2(C)NC(C(=O)O)=CO2)c1. The van der Waals surface area contributed by atoms with Crippen molar-refractivity contribution in [1.29, 1.82) is 0 Å². The van der Waals surface area contributed by atoms with Crippen LogP contribution < -0.4 is 10.1 Å². The highest BCUT2D eigenvalue weighted by molar-refractivity contribution is 6.39. The van der Waals surface area contributed by atoms with Crippen molar-refractivity contribution in [3.05, 3.63) is 82.0 Å². The number of ether oxygens (including phenoxy) is 2. The molecule has 1 atom stereocenters. The average molecular weight is 542 g/mol. The fourth-order valence-corrected chi connectivity index (χ4v) is 5.01. The van der Waals surface area contributed by atoms with E-state index in [1.165, 1.54) is 6.26 Å². The number of nitrogens with zero attached hydrogens (tertiary/aromatic N) is 2. The summed E-state index contributed by atoms with van der Waals surface area (Å²) in [6.07, 6.45) is 3.16. The molecule has 0 spiro atoms. The Kier molecular flexibility index (Phi) is 6.56. The average Bonchev–Trinajstić information content (AvgIpc) is 3.55. The van der Waals surface area contributed by atoms with E-state index < -0.39 is 11.7 Å². The van der Waals surface area contributed by atoms with Gasteiger partial charge in [0.1, 0.15) is 30.1 Å². The molecule has 2 aromatic heterocycles. The summed E-state index contributed by atoms with van der Waals surface area (Å²) in [5.41, 5.74) is 2.09. The van der Waals surface area contributed by atoms with Crippen LogP contribution in [-0.2, 0) is 22.7 Å². The number of carbonyl (C=O) groups is 1. The van der Waals surface area contributed by atoms with Crippen molar-refractivity contribution in [2.24, 2.45) is 0 Å². The molecule has 192 valence electrons. The Bertz CT molecular complexity index is 1500. The zero-order valence-corrected chi connectivity index (χ0v) is 21.9. The Morgan fingerprint density at radius 2 is 1.97 bits per heavy atom. The molecule has 1 aliphatic heterocycles. The molecule has 2 N–H and O–H groups in total. The van der Waals surface area contributed by atoms with E-state index in [9.17, 15) is 9.90 Å². The molecule has 1 unspecified atom stereocenters. The first kappa shape index (κ1) is 25.0. The third kappa shape index (κ3) is 4.86. The van der Waals surface area contributed by atoms with Gasteiger partial charge >= 0.3 is 5.97 Å². The lowest BCUT2D eigenvalue weighted by atomic mass is 10.0. The van der Waals surface area contributed by atoms with E-state index >= 15 is 0 Å². The zero-order valence-electron chi connectivity index (χ0n) is 20.4. The second-order valence-electron chi connectivity index (χ2n) is 9.39. The van der Waals surface area contributed by atoms with Crippen LogP contribution in [0.1, 0.15) is 38.0 Å². The first-order chi connectivity index (χ1) is 17.6. The highest BCUT2D eigenvalue weighted by atomic mass is 35.5. The molecule has 5 rings (SSSR count). The summed E-state index contributed by atoms with van der Waals surface area (Å²) < 4.78 is 19.5. The van der Waals surface area contributed by atoms with Gasteiger partial charge in [-0.3, -0.25) is 0 Å². The second kappa shape index (κ2) is 9.68. The highest BCUT2D eigenvalue weighted by Gasteiger charge is 2.34. The van der Waals surface area contributed by atoms with Crippen LogP contribution in [0.15, 0.2) is 65.1 Å². The molecule has 0 saturated heterocycles. The predicted octanol–water partition coefficient (Wildman–Crippen LogP) is 6.57. The maximum absolute atomic E-state index is 11.2. The zero-order chi connectivity index (χ0) is 26.3. The molecular weight excluding hydrogens is 517 g/mol. The lowest BCUT2D eigenvalue weighted by molar-refractivity contribution is -0.133. The molecule has 0 bridgehead atoms. The van der Waals surface area contributed by atoms with Gasteiger partial charge in [0.05, 0.1) is 22.2 Å². The largest absolute Gasteiger partial charge is 0.489 e. The van der Waals surface area contributed by atoms with Gasteiger partial charge in [0.25, 0.3) is 0 Å². The van der Waals surface area contributed by atoms with E-state index in [0.717, 1.165) is 16.5 Å². The van der Waals surface area contributed by atoms with Crippen molar-refractivity contribution in [3.63, 3.8) is 0 Å². The van der Waals surface area contributed by atoms with Gasteiger partial charge in [0.2, 0.25) is 0 Å². The molecule has 0 radical (unpaired) electrons. The van der Waals surface area contributed by atoms with Crippen LogP contribution in [0.25, 0.3) is 22.2 Å². The van der Waals surface area contributed by atoms with Gasteiger partial charge in [-0.2, -0.15) is 0 Å². The van der Waals surface area contributed by atoms with E-state index in [2.05, 4.69) is 10.5 Å². The Morgan fingerprint density at radius 3 is 2.65 bits per heavy atom. The van der Waals surface area contributed by atoms with Gasteiger partial charge in [-0.25, -0.2) is 4.79 Å². The molecule has 0 amide bonds. The van der Waals surface area contributed by atoms with E-state index in [-0.39, 0.29) is 18.2 Å². The summed E-state index contributed by atoms with van der Waals surface area (Å²) >= 11 is 12.9. The molecule has 8 nitrogen and oxygen atoms in total. The van der Waals surface area contributed by atoms with E-state index in [4.69, 9.17) is 37.2 Å². The van der Waals surface area contributed by atoms with Gasteiger partial charge in [0, 0.05) is 28.6 Å². The number of rotatable bonds is 8. The number of hydrogen-bond donors (Lipinski definition) is 2. The van der Waals surface area contributed by atoms with Crippen LogP contribution in [-0.4, -0.2) is 26.5 Å². The fraction of sp³-hybridized carbons (Fsp3) is 0.259. The topological polar surface area (TPSA) is 98.8 Å². The molecule has 37 heavy (non-hydrogen) atoms. The van der Waals surface area contributed by atoms with Crippen LogP contribution in [0.3, 0.4) is 0 Å². The van der Waals surface area contributed by atoms with Crippen LogP contribution in [0, 0.1) is 0 Å². The van der Waals surface area contributed by atoms with Gasteiger partial charge in [-0.1, -0.05) is 48.3 Å². The first-order valence-corrected chi connectivity index (χ1v) is 12.4. The third-order valence-corrected chi connectivity index (χ3v) is 6.84. The quantitative estimate of drug-likeness (QED) is 0.260. The Labute approximate surface area is 223 Å². The van der Waals surface area contributed by atoms with Crippen LogP contribution in [0.4, 0.5) is 0 Å². The molecule has 2 aromatic carbocycles. The Hall–Kier alpha value is -3.62. The smallest absolute Gasteiger partial charge is 0.355 e. The summed E-state index contributed by atoms with van der Waals surface area (Å²) in [7, 11) is 0. The van der Waals surface area contributed by atoms with Crippen molar-refractivity contribution in [3.8, 4) is 17.0 Å². The number of fused-ring (bicyclic) bond motifs is 1. The summed E-state index contributed by atoms with van der Waals surface area (Å²) in [6.45, 7) is 6.48. The van der Waals surface area contributed by atoms with Gasteiger partial charge in [-0.05, 0) is 43.3 Å². The number of aliphatic carboxylic acids is 1. The predicted molar refractivity (Wildman–Crippen MR) is 141 cm³/mol. The number of carboxylic acid groups (broad SMARTS) is 1. The highest BCUT2D eigenvalue weighted by Crippen LogP contribution is 2.39. The lowest BCUT2D eigenvalue weighted by Crippen LogP contribution is -2.43. The number of halogens is 2. The minimum Gasteiger partial charge on any atom is -0.489 e. The van der Waals surface area contributed by atoms with Gasteiger partial charge < -0.3 is 29.0 Å². The van der Waals surface area contributed by atoms with Crippen LogP contribution >= 0.6 is 23.2 Å². The number of nitrogens with one attached hydrogen (secondary N) is 1. The minimum atomic E-state index is -1.06. The monoisotopic (exact) mass is 541 g/mol. The lowest BCUT2D eigenvalue weighted by Gasteiger charge is -2.26. The van der Waals surface area contributed by atoms with Crippen molar-refractivity contribution in [2.45, 2.75) is 45.6 Å². The minimum absolute atomic E-state index is 0.0293. The van der Waals surface area contributed by atoms with Crippen LogP contribution in [0.5, 0.6) is 5.75 Å². The van der Waals surface area contributed by atoms with E-state index in [1.807, 2.05) is 48.9 Å². The maximum Gasteiger partial charge on any atom is 0.355 e. The molecule has 10 heteroatoms. The van der Waals surface area contributed by atoms with Crippen molar-refractivity contribution in [2.75, 3.05) is 0 Å². The third-order valence-electron chi connectivity index (χ3n) is 6.21. The second-order valence-corrected chi connectivity index (χ2v) is 10.2. The summed E-state index contributed by atoms with van der Waals surface area (Å²) in [5.74, 6) is 0.413. The number of carboxylic acids is 1. The molecule has 0 aliphatic carbocycles. The van der Waals surface area contributed by atoms with E-state index in [0.29, 0.717) is 39.4 Å². The molecule has 0 saturated carbocycles. The molecule has 3 heterocycles. The van der Waals surface area contributed by atoms with Crippen molar-refractivity contribution >= 4 is 40.1 Å². The van der Waals surface area contributed by atoms with Gasteiger partial charge in [-0.15, -0.1) is 0 Å². The molecular formula is C27H25Cl2N3O5. The molecule has 1 aliphatic rings. The Morgan fingerprint density at radius 1 is 1.22 bits per heavy atom. The maximum atomic E-state index is 11.2. The molecule has 0 fully saturated rings. The number of hydrogen-bond acceptors (Lipinski definition) is 6. The summed E-state index contributed by atoms with van der Waals surface area (Å²) in [6, 6.07) is 13.1. The first-order valence-electron chi connectivity index (χ1n) is 11.7. The van der Waals surface area contributed by atoms with Gasteiger partial charge in [0.15, 0.2) is 11.4 Å². The number of benzene rings is 2. The van der Waals surface area contributed by atoms with E-state index in [1.54, 1.807) is 25.1 Å². The van der Waals surface area contributed by atoms with Crippen LogP contribution in [0.2, 0.25) is 10.0 Å². The fourth-order valence-electron chi connectivity index (χ4n) is 4.44. The Balaban J connectivity index is 1.37. The van der Waals surface area contributed by atoms with Crippen molar-refractivity contribution < 1.29 is 23.9 Å². The summed E-state index contributed by atoms with van der Waals surface area (Å²) in [4.78, 5) is 11.2. The standard InChI is InChI=1S/C27H25Cl2N3O5/c1-15(2)25-18(24(31-37-25)23-19(28)5-4-6-20(23)29)12-35-17-7-8-22-16(11-17)9-10-32(22)14-27(3)30-21(13-36-27)26(33)34/h4-11,13,15,30H,12,14H2,1-3H3,(H,33,34). The number of aromatic nitrogens is 2.